The fraction of sp³-hybridized carbons (Fsp3) is 0.120. The molecule has 0 fully saturated rings. The molecule has 1 aliphatic rings. The van der Waals surface area contributed by atoms with E-state index in [0.717, 1.165) is 15.5 Å². The first kappa shape index (κ1) is 22.8. The number of halogens is 1. The van der Waals surface area contributed by atoms with Gasteiger partial charge in [-0.3, -0.25) is 9.59 Å². The molecule has 0 saturated heterocycles. The van der Waals surface area contributed by atoms with Crippen LogP contribution in [0.4, 0.5) is 11.4 Å². The third kappa shape index (κ3) is 4.84. The summed E-state index contributed by atoms with van der Waals surface area (Å²) in [6, 6.07) is 21.4. The highest BCUT2D eigenvalue weighted by atomic mass is 35.5. The third-order valence-corrected chi connectivity index (χ3v) is 6.15. The lowest BCUT2D eigenvalue weighted by Crippen LogP contribution is -2.32. The van der Waals surface area contributed by atoms with E-state index in [9.17, 15) is 9.59 Å². The molecule has 1 heterocycles. The summed E-state index contributed by atoms with van der Waals surface area (Å²) in [7, 11) is 1.48. The summed E-state index contributed by atoms with van der Waals surface area (Å²) in [6.07, 6.45) is 0. The molecule has 0 aliphatic carbocycles. The zero-order valence-electron chi connectivity index (χ0n) is 18.0. The number of ether oxygens (including phenoxy) is 2. The second kappa shape index (κ2) is 10.0. The highest BCUT2D eigenvalue weighted by molar-refractivity contribution is 8.04. The molecule has 3 aromatic rings. The van der Waals surface area contributed by atoms with Gasteiger partial charge >= 0.3 is 0 Å². The molecule has 8 heteroatoms. The molecule has 0 spiro atoms. The summed E-state index contributed by atoms with van der Waals surface area (Å²) in [5.41, 5.74) is 1.12. The van der Waals surface area contributed by atoms with E-state index in [1.165, 1.54) is 18.9 Å². The van der Waals surface area contributed by atoms with E-state index < -0.39 is 11.8 Å². The summed E-state index contributed by atoms with van der Waals surface area (Å²) in [5, 5.41) is 3.52. The Bertz CT molecular complexity index is 1210. The summed E-state index contributed by atoms with van der Waals surface area (Å²) in [5.74, 6) is 0.137. The predicted molar refractivity (Wildman–Crippen MR) is 131 cm³/mol. The van der Waals surface area contributed by atoms with Crippen LogP contribution in [0.5, 0.6) is 11.5 Å². The van der Waals surface area contributed by atoms with Gasteiger partial charge in [0.25, 0.3) is 11.8 Å². The Morgan fingerprint density at radius 2 is 1.70 bits per heavy atom. The van der Waals surface area contributed by atoms with Gasteiger partial charge in [0.1, 0.15) is 22.1 Å². The first-order valence-electron chi connectivity index (χ1n) is 10.2. The summed E-state index contributed by atoms with van der Waals surface area (Å²) in [4.78, 5) is 29.2. The molecule has 0 saturated carbocycles. The van der Waals surface area contributed by atoms with Crippen molar-refractivity contribution in [2.45, 2.75) is 11.8 Å². The van der Waals surface area contributed by atoms with Crippen molar-refractivity contribution in [1.29, 1.82) is 0 Å². The smallest absolute Gasteiger partial charge is 0.283 e. The van der Waals surface area contributed by atoms with Crippen molar-refractivity contribution >= 4 is 46.6 Å². The van der Waals surface area contributed by atoms with E-state index in [1.54, 1.807) is 42.5 Å². The quantitative estimate of drug-likeness (QED) is 0.415. The molecule has 0 aromatic heterocycles. The lowest BCUT2D eigenvalue weighted by Gasteiger charge is -2.18. The second-order valence-electron chi connectivity index (χ2n) is 6.96. The van der Waals surface area contributed by atoms with Crippen LogP contribution >= 0.6 is 23.4 Å². The fourth-order valence-electron chi connectivity index (χ4n) is 3.32. The molecule has 0 radical (unpaired) electrons. The molecule has 2 amide bonds. The number of hydrogen-bond acceptors (Lipinski definition) is 6. The lowest BCUT2D eigenvalue weighted by atomic mass is 10.2. The average molecular weight is 481 g/mol. The molecule has 0 bridgehead atoms. The first-order chi connectivity index (χ1) is 16.0. The van der Waals surface area contributed by atoms with Gasteiger partial charge in [-0.2, -0.15) is 0 Å². The van der Waals surface area contributed by atoms with Crippen molar-refractivity contribution in [2.24, 2.45) is 0 Å². The minimum absolute atomic E-state index is 0.181. The van der Waals surface area contributed by atoms with Crippen molar-refractivity contribution in [3.63, 3.8) is 0 Å². The van der Waals surface area contributed by atoms with Crippen molar-refractivity contribution < 1.29 is 19.1 Å². The minimum Gasteiger partial charge on any atom is -0.495 e. The summed E-state index contributed by atoms with van der Waals surface area (Å²) >= 11 is 7.39. The second-order valence-corrected chi connectivity index (χ2v) is 8.48. The Morgan fingerprint density at radius 1 is 0.970 bits per heavy atom. The molecule has 33 heavy (non-hydrogen) atoms. The zero-order chi connectivity index (χ0) is 23.4. The Hall–Kier alpha value is -3.42. The molecular weight excluding hydrogens is 460 g/mol. The van der Waals surface area contributed by atoms with Crippen LogP contribution in [0.1, 0.15) is 6.92 Å². The van der Waals surface area contributed by atoms with Gasteiger partial charge in [-0.25, -0.2) is 4.90 Å². The van der Waals surface area contributed by atoms with Crippen LogP contribution in [0, 0.1) is 0 Å². The Kier molecular flexibility index (Phi) is 6.91. The Morgan fingerprint density at radius 3 is 2.36 bits per heavy atom. The zero-order valence-corrected chi connectivity index (χ0v) is 19.6. The standard InChI is InChI=1S/C25H21ClN2O4S/c1-3-32-18-12-10-17(11-13-18)27-22-23(33-19-7-5-4-6-8-19)25(30)28(24(22)29)20-15-16(26)9-14-21(20)31-2/h4-15,27H,3H2,1-2H3. The molecule has 0 unspecified atom stereocenters. The van der Waals surface area contributed by atoms with E-state index in [1.807, 2.05) is 37.3 Å². The third-order valence-electron chi connectivity index (χ3n) is 4.82. The van der Waals surface area contributed by atoms with Crippen molar-refractivity contribution in [3.8, 4) is 11.5 Å². The van der Waals surface area contributed by atoms with E-state index in [-0.39, 0.29) is 16.3 Å². The Balaban J connectivity index is 1.74. The largest absolute Gasteiger partial charge is 0.495 e. The van der Waals surface area contributed by atoms with Gasteiger partial charge in [0.05, 0.1) is 19.4 Å². The van der Waals surface area contributed by atoms with Crippen LogP contribution in [0.2, 0.25) is 5.02 Å². The van der Waals surface area contributed by atoms with Crippen molar-refractivity contribution in [1.82, 2.24) is 0 Å². The van der Waals surface area contributed by atoms with Crippen molar-refractivity contribution in [2.75, 3.05) is 23.9 Å². The van der Waals surface area contributed by atoms with Gasteiger partial charge < -0.3 is 14.8 Å². The van der Waals surface area contributed by atoms with Gasteiger partial charge in [-0.15, -0.1) is 0 Å². The number of benzene rings is 3. The van der Waals surface area contributed by atoms with Gasteiger partial charge in [-0.05, 0) is 61.5 Å². The lowest BCUT2D eigenvalue weighted by molar-refractivity contribution is -0.120. The van der Waals surface area contributed by atoms with E-state index in [0.29, 0.717) is 23.1 Å². The van der Waals surface area contributed by atoms with Crippen LogP contribution in [0.25, 0.3) is 0 Å². The number of nitrogens with zero attached hydrogens (tertiary/aromatic N) is 1. The number of hydrogen-bond donors (Lipinski definition) is 1. The fourth-order valence-corrected chi connectivity index (χ4v) is 4.44. The van der Waals surface area contributed by atoms with Crippen LogP contribution in [0.3, 0.4) is 0 Å². The molecule has 0 atom stereocenters. The number of thioether (sulfide) groups is 1. The van der Waals surface area contributed by atoms with Crippen molar-refractivity contribution in [3.05, 3.63) is 88.4 Å². The van der Waals surface area contributed by atoms with E-state index >= 15 is 0 Å². The molecule has 6 nitrogen and oxygen atoms in total. The van der Waals surface area contributed by atoms with Gasteiger partial charge in [0.15, 0.2) is 0 Å². The van der Waals surface area contributed by atoms with Gasteiger partial charge in [0, 0.05) is 15.6 Å². The Labute approximate surface area is 201 Å². The van der Waals surface area contributed by atoms with E-state index in [4.69, 9.17) is 21.1 Å². The number of carbonyl (C=O) groups is 2. The van der Waals surface area contributed by atoms with Gasteiger partial charge in [-0.1, -0.05) is 41.6 Å². The summed E-state index contributed by atoms with van der Waals surface area (Å²) < 4.78 is 10.9. The van der Waals surface area contributed by atoms with Gasteiger partial charge in [0.2, 0.25) is 0 Å². The maximum absolute atomic E-state index is 13.5. The average Bonchev–Trinajstić information content (AvgIpc) is 3.05. The number of anilines is 2. The molecule has 168 valence electrons. The number of imide groups is 1. The predicted octanol–water partition coefficient (Wildman–Crippen LogP) is 5.74. The first-order valence-corrected chi connectivity index (χ1v) is 11.4. The summed E-state index contributed by atoms with van der Waals surface area (Å²) in [6.45, 7) is 2.46. The topological polar surface area (TPSA) is 67.9 Å². The number of nitrogens with one attached hydrogen (secondary N) is 1. The van der Waals surface area contributed by atoms with Crippen LogP contribution in [-0.4, -0.2) is 25.5 Å². The molecule has 1 aliphatic heterocycles. The van der Waals surface area contributed by atoms with Crippen LogP contribution < -0.4 is 19.7 Å². The number of rotatable bonds is 8. The monoisotopic (exact) mass is 480 g/mol. The van der Waals surface area contributed by atoms with Crippen LogP contribution in [0.15, 0.2) is 88.3 Å². The SMILES string of the molecule is CCOc1ccc(NC2=C(Sc3ccccc3)C(=O)N(c3cc(Cl)ccc3OC)C2=O)cc1. The molecule has 3 aromatic carbocycles. The molecular formula is C25H21ClN2O4S. The molecule has 4 rings (SSSR count). The number of carbonyl (C=O) groups excluding carboxylic acids is 2. The highest BCUT2D eigenvalue weighted by Gasteiger charge is 2.41. The van der Waals surface area contributed by atoms with E-state index in [2.05, 4.69) is 5.32 Å². The number of amides is 2. The minimum atomic E-state index is -0.493. The number of methoxy groups -OCH3 is 1. The normalized spacial score (nSPS) is 13.5. The maximum Gasteiger partial charge on any atom is 0.283 e. The maximum atomic E-state index is 13.5. The van der Waals surface area contributed by atoms with Crippen LogP contribution in [-0.2, 0) is 9.59 Å². The highest BCUT2D eigenvalue weighted by Crippen LogP contribution is 2.41. The molecule has 1 N–H and O–H groups in total.